The molecule has 2 rings (SSSR count). The van der Waals surface area contributed by atoms with Gasteiger partial charge in [-0.3, -0.25) is 9.36 Å². The lowest BCUT2D eigenvalue weighted by Gasteiger charge is -2.03. The molecule has 6 heteroatoms. The number of halogens is 1. The van der Waals surface area contributed by atoms with Gasteiger partial charge in [0.2, 0.25) is 0 Å². The number of nitrogens with zero attached hydrogens (tertiary/aromatic N) is 3. The third-order valence-corrected chi connectivity index (χ3v) is 3.08. The van der Waals surface area contributed by atoms with E-state index in [1.54, 1.807) is 13.0 Å². The predicted octanol–water partition coefficient (Wildman–Crippen LogP) is 1.66. The molecule has 0 amide bonds. The fraction of sp³-hybridized carbons (Fsp3) is 0.300. The molecule has 16 heavy (non-hydrogen) atoms. The Morgan fingerprint density at radius 2 is 2.25 bits per heavy atom. The van der Waals surface area contributed by atoms with Crippen molar-refractivity contribution in [2.75, 3.05) is 0 Å². The summed E-state index contributed by atoms with van der Waals surface area (Å²) in [4.78, 5) is 15.9. The maximum atomic E-state index is 11.8. The molecule has 0 spiro atoms. The summed E-state index contributed by atoms with van der Waals surface area (Å²) >= 11 is 3.21. The van der Waals surface area contributed by atoms with Crippen LogP contribution in [0.5, 0.6) is 0 Å². The van der Waals surface area contributed by atoms with Gasteiger partial charge in [0.15, 0.2) is 0 Å². The lowest BCUT2D eigenvalue weighted by Crippen LogP contribution is -2.22. The molecule has 0 aromatic carbocycles. The molecule has 0 aliphatic carbocycles. The van der Waals surface area contributed by atoms with E-state index in [0.29, 0.717) is 22.4 Å². The molecule has 0 N–H and O–H groups in total. The Kier molecular flexibility index (Phi) is 2.91. The molecule has 0 unspecified atom stereocenters. The van der Waals surface area contributed by atoms with Crippen molar-refractivity contribution in [3.05, 3.63) is 44.4 Å². The zero-order valence-electron chi connectivity index (χ0n) is 8.90. The second-order valence-corrected chi connectivity index (χ2v) is 4.30. The summed E-state index contributed by atoms with van der Waals surface area (Å²) < 4.78 is 6.90. The molecule has 0 aliphatic heterocycles. The lowest BCUT2D eigenvalue weighted by atomic mass is 10.3. The summed E-state index contributed by atoms with van der Waals surface area (Å²) in [6.07, 6.45) is 1.51. The van der Waals surface area contributed by atoms with Crippen LogP contribution in [-0.2, 0) is 6.54 Å². The quantitative estimate of drug-likeness (QED) is 0.841. The van der Waals surface area contributed by atoms with Gasteiger partial charge < -0.3 is 4.52 Å². The van der Waals surface area contributed by atoms with Crippen LogP contribution in [-0.4, -0.2) is 14.7 Å². The largest absolute Gasteiger partial charge is 0.361 e. The highest BCUT2D eigenvalue weighted by atomic mass is 79.9. The van der Waals surface area contributed by atoms with Gasteiger partial charge in [0.05, 0.1) is 18.6 Å². The third-order valence-electron chi connectivity index (χ3n) is 2.17. The molecule has 0 saturated heterocycles. The standard InChI is InChI=1S/C10H10BrN3O2/c1-6-3-8(13-16-6)4-14-5-12-7(2)9(11)10(14)15/h3,5H,4H2,1-2H3. The Labute approximate surface area is 100 Å². The van der Waals surface area contributed by atoms with Crippen LogP contribution in [0.15, 0.2) is 26.2 Å². The Bertz CT molecular complexity index is 574. The fourth-order valence-electron chi connectivity index (χ4n) is 1.33. The molecular weight excluding hydrogens is 274 g/mol. The van der Waals surface area contributed by atoms with Crippen LogP contribution in [0.4, 0.5) is 0 Å². The second-order valence-electron chi connectivity index (χ2n) is 3.51. The molecular formula is C10H10BrN3O2. The van der Waals surface area contributed by atoms with Crippen LogP contribution >= 0.6 is 15.9 Å². The summed E-state index contributed by atoms with van der Waals surface area (Å²) in [5.74, 6) is 0.724. The van der Waals surface area contributed by atoms with Crippen LogP contribution < -0.4 is 5.56 Å². The minimum absolute atomic E-state index is 0.117. The zero-order chi connectivity index (χ0) is 11.7. The van der Waals surface area contributed by atoms with Gasteiger partial charge in [-0.05, 0) is 29.8 Å². The molecule has 84 valence electrons. The van der Waals surface area contributed by atoms with Crippen LogP contribution in [0, 0.1) is 13.8 Å². The Hall–Kier alpha value is -1.43. The van der Waals surface area contributed by atoms with Crippen molar-refractivity contribution >= 4 is 15.9 Å². The van der Waals surface area contributed by atoms with E-state index >= 15 is 0 Å². The van der Waals surface area contributed by atoms with E-state index in [4.69, 9.17) is 4.52 Å². The molecule has 2 aromatic rings. The maximum Gasteiger partial charge on any atom is 0.268 e. The van der Waals surface area contributed by atoms with Crippen molar-refractivity contribution in [1.82, 2.24) is 14.7 Å². The number of rotatable bonds is 2. The molecule has 0 saturated carbocycles. The summed E-state index contributed by atoms with van der Waals surface area (Å²) in [5.41, 5.74) is 1.27. The fourth-order valence-corrected chi connectivity index (χ4v) is 1.66. The molecule has 0 atom stereocenters. The average molecular weight is 284 g/mol. The van der Waals surface area contributed by atoms with Crippen molar-refractivity contribution in [1.29, 1.82) is 0 Å². The molecule has 0 fully saturated rings. The molecule has 2 heterocycles. The van der Waals surface area contributed by atoms with Crippen LogP contribution in [0.3, 0.4) is 0 Å². The van der Waals surface area contributed by atoms with Gasteiger partial charge in [-0.25, -0.2) is 4.98 Å². The summed E-state index contributed by atoms with van der Waals surface area (Å²) in [6.45, 7) is 3.95. The molecule has 5 nitrogen and oxygen atoms in total. The number of aromatic nitrogens is 3. The van der Waals surface area contributed by atoms with Gasteiger partial charge in [-0.1, -0.05) is 5.16 Å². The summed E-state index contributed by atoms with van der Waals surface area (Å²) in [7, 11) is 0. The van der Waals surface area contributed by atoms with Crippen LogP contribution in [0.1, 0.15) is 17.1 Å². The van der Waals surface area contributed by atoms with Gasteiger partial charge in [-0.2, -0.15) is 0 Å². The average Bonchev–Trinajstić information content (AvgIpc) is 2.65. The van der Waals surface area contributed by atoms with E-state index in [-0.39, 0.29) is 5.56 Å². The normalized spacial score (nSPS) is 10.7. The maximum absolute atomic E-state index is 11.8. The van der Waals surface area contributed by atoms with Crippen molar-refractivity contribution in [2.45, 2.75) is 20.4 Å². The number of aryl methyl sites for hydroxylation is 2. The van der Waals surface area contributed by atoms with Crippen molar-refractivity contribution < 1.29 is 4.52 Å². The van der Waals surface area contributed by atoms with Crippen LogP contribution in [0.25, 0.3) is 0 Å². The van der Waals surface area contributed by atoms with Crippen molar-refractivity contribution in [2.24, 2.45) is 0 Å². The Morgan fingerprint density at radius 3 is 2.88 bits per heavy atom. The van der Waals surface area contributed by atoms with Gasteiger partial charge in [-0.15, -0.1) is 0 Å². The topological polar surface area (TPSA) is 60.9 Å². The summed E-state index contributed by atoms with van der Waals surface area (Å²) in [6, 6.07) is 1.79. The third kappa shape index (κ3) is 2.06. The minimum Gasteiger partial charge on any atom is -0.361 e. The SMILES string of the molecule is Cc1cc(Cn2cnc(C)c(Br)c2=O)no1. The predicted molar refractivity (Wildman–Crippen MR) is 61.3 cm³/mol. The first-order valence-electron chi connectivity index (χ1n) is 4.71. The Morgan fingerprint density at radius 1 is 1.50 bits per heavy atom. The van der Waals surface area contributed by atoms with E-state index in [2.05, 4.69) is 26.1 Å². The summed E-state index contributed by atoms with van der Waals surface area (Å²) in [5, 5.41) is 3.83. The first-order valence-corrected chi connectivity index (χ1v) is 5.51. The Balaban J connectivity index is 2.36. The van der Waals surface area contributed by atoms with Crippen LogP contribution in [0.2, 0.25) is 0 Å². The first-order chi connectivity index (χ1) is 7.58. The van der Waals surface area contributed by atoms with Gasteiger partial charge >= 0.3 is 0 Å². The zero-order valence-corrected chi connectivity index (χ0v) is 10.5. The van der Waals surface area contributed by atoms with Crippen molar-refractivity contribution in [3.8, 4) is 0 Å². The van der Waals surface area contributed by atoms with E-state index in [0.717, 1.165) is 5.76 Å². The highest BCUT2D eigenvalue weighted by Crippen LogP contribution is 2.07. The van der Waals surface area contributed by atoms with E-state index < -0.39 is 0 Å². The second kappa shape index (κ2) is 4.21. The highest BCUT2D eigenvalue weighted by molar-refractivity contribution is 9.10. The van der Waals surface area contributed by atoms with Crippen molar-refractivity contribution in [3.63, 3.8) is 0 Å². The van der Waals surface area contributed by atoms with E-state index in [9.17, 15) is 4.79 Å². The molecule has 0 bridgehead atoms. The smallest absolute Gasteiger partial charge is 0.268 e. The lowest BCUT2D eigenvalue weighted by molar-refractivity contribution is 0.388. The number of hydrogen-bond donors (Lipinski definition) is 0. The minimum atomic E-state index is -0.117. The van der Waals surface area contributed by atoms with E-state index in [1.165, 1.54) is 10.9 Å². The monoisotopic (exact) mass is 283 g/mol. The van der Waals surface area contributed by atoms with Gasteiger partial charge in [0, 0.05) is 6.07 Å². The molecule has 2 aromatic heterocycles. The highest BCUT2D eigenvalue weighted by Gasteiger charge is 2.07. The van der Waals surface area contributed by atoms with Gasteiger partial charge in [0.1, 0.15) is 15.9 Å². The van der Waals surface area contributed by atoms with Gasteiger partial charge in [0.25, 0.3) is 5.56 Å². The van der Waals surface area contributed by atoms with E-state index in [1.807, 2.05) is 6.92 Å². The first kappa shape index (κ1) is 11.1. The number of hydrogen-bond acceptors (Lipinski definition) is 4. The molecule has 0 radical (unpaired) electrons. The molecule has 0 aliphatic rings.